The van der Waals surface area contributed by atoms with Crippen molar-refractivity contribution in [2.45, 2.75) is 25.9 Å². The van der Waals surface area contributed by atoms with Crippen LogP contribution in [0.2, 0.25) is 0 Å². The monoisotopic (exact) mass is 343 g/mol. The Hall–Kier alpha value is -2.65. The number of benzene rings is 1. The molecule has 0 radical (unpaired) electrons. The van der Waals surface area contributed by atoms with Crippen LogP contribution in [0.4, 0.5) is 4.39 Å². The summed E-state index contributed by atoms with van der Waals surface area (Å²) in [7, 11) is 1.85. The number of carbonyl (C=O) groups excluding carboxylic acids is 1. The molecule has 1 aromatic heterocycles. The van der Waals surface area contributed by atoms with Crippen molar-refractivity contribution in [2.75, 3.05) is 20.1 Å². The minimum atomic E-state index is -0.282. The lowest BCUT2D eigenvalue weighted by Crippen LogP contribution is -2.39. The Kier molecular flexibility index (Phi) is 6.72. The van der Waals surface area contributed by atoms with Gasteiger partial charge in [0.05, 0.1) is 31.8 Å². The van der Waals surface area contributed by atoms with E-state index in [0.29, 0.717) is 18.8 Å². The standard InChI is InChI=1S/C19H22FN3O2/c1-15(16-6-8-17(20)9-7-16)22(2)14-19(24)23(11-4-10-21)13-18-5-3-12-25-18/h3,5-9,12,15H,4,11,13-14H2,1-2H3. The zero-order chi connectivity index (χ0) is 18.2. The molecule has 0 fully saturated rings. The summed E-state index contributed by atoms with van der Waals surface area (Å²) in [6.45, 7) is 2.86. The van der Waals surface area contributed by atoms with Crippen molar-refractivity contribution in [3.8, 4) is 6.07 Å². The molecule has 25 heavy (non-hydrogen) atoms. The van der Waals surface area contributed by atoms with Crippen LogP contribution in [0, 0.1) is 17.1 Å². The third kappa shape index (κ3) is 5.44. The molecule has 0 bridgehead atoms. The van der Waals surface area contributed by atoms with Gasteiger partial charge in [0.25, 0.3) is 0 Å². The van der Waals surface area contributed by atoms with Gasteiger partial charge in [-0.2, -0.15) is 5.26 Å². The van der Waals surface area contributed by atoms with Crippen LogP contribution in [0.25, 0.3) is 0 Å². The fraction of sp³-hybridized carbons (Fsp3) is 0.368. The minimum Gasteiger partial charge on any atom is -0.467 e. The molecule has 6 heteroatoms. The van der Waals surface area contributed by atoms with Crippen LogP contribution < -0.4 is 0 Å². The van der Waals surface area contributed by atoms with Gasteiger partial charge in [0, 0.05) is 12.6 Å². The Bertz CT molecular complexity index is 707. The van der Waals surface area contributed by atoms with Gasteiger partial charge in [0.15, 0.2) is 0 Å². The number of furan rings is 1. The van der Waals surface area contributed by atoms with Crippen LogP contribution in [0.1, 0.15) is 30.7 Å². The average molecular weight is 343 g/mol. The normalized spacial score (nSPS) is 12.0. The molecule has 1 unspecified atom stereocenters. The molecule has 132 valence electrons. The van der Waals surface area contributed by atoms with Crippen LogP contribution >= 0.6 is 0 Å². The zero-order valence-corrected chi connectivity index (χ0v) is 14.5. The van der Waals surface area contributed by atoms with Crippen molar-refractivity contribution in [1.29, 1.82) is 5.26 Å². The maximum absolute atomic E-state index is 13.1. The van der Waals surface area contributed by atoms with Crippen LogP contribution in [0.3, 0.4) is 0 Å². The fourth-order valence-corrected chi connectivity index (χ4v) is 2.51. The number of nitriles is 1. The van der Waals surface area contributed by atoms with Gasteiger partial charge in [-0.25, -0.2) is 4.39 Å². The summed E-state index contributed by atoms with van der Waals surface area (Å²) in [5.74, 6) is 0.319. The van der Waals surface area contributed by atoms with Crippen molar-refractivity contribution in [1.82, 2.24) is 9.80 Å². The predicted molar refractivity (Wildman–Crippen MR) is 91.8 cm³/mol. The van der Waals surface area contributed by atoms with E-state index < -0.39 is 0 Å². The average Bonchev–Trinajstić information content (AvgIpc) is 3.11. The van der Waals surface area contributed by atoms with Crippen LogP contribution in [0.15, 0.2) is 47.1 Å². The van der Waals surface area contributed by atoms with Gasteiger partial charge in [0.1, 0.15) is 11.6 Å². The van der Waals surface area contributed by atoms with E-state index in [0.717, 1.165) is 5.56 Å². The van der Waals surface area contributed by atoms with E-state index >= 15 is 0 Å². The summed E-state index contributed by atoms with van der Waals surface area (Å²) in [5, 5.41) is 8.81. The summed E-state index contributed by atoms with van der Waals surface area (Å²) in [6.07, 6.45) is 1.83. The molecule has 0 aliphatic heterocycles. The number of hydrogen-bond acceptors (Lipinski definition) is 4. The van der Waals surface area contributed by atoms with Gasteiger partial charge in [-0.3, -0.25) is 9.69 Å². The lowest BCUT2D eigenvalue weighted by molar-refractivity contribution is -0.133. The molecule has 2 aromatic rings. The quantitative estimate of drug-likeness (QED) is 0.737. The topological polar surface area (TPSA) is 60.5 Å². The summed E-state index contributed by atoms with van der Waals surface area (Å²) in [4.78, 5) is 16.2. The smallest absolute Gasteiger partial charge is 0.237 e. The highest BCUT2D eigenvalue weighted by atomic mass is 19.1. The Morgan fingerprint density at radius 2 is 2.04 bits per heavy atom. The molecule has 1 amide bonds. The van der Waals surface area contributed by atoms with Gasteiger partial charge < -0.3 is 9.32 Å². The maximum atomic E-state index is 13.1. The summed E-state index contributed by atoms with van der Waals surface area (Å²) < 4.78 is 18.4. The van der Waals surface area contributed by atoms with E-state index in [1.807, 2.05) is 18.9 Å². The molecule has 2 rings (SSSR count). The molecule has 1 atom stereocenters. The number of halogens is 1. The first-order chi connectivity index (χ1) is 12.0. The number of amides is 1. The maximum Gasteiger partial charge on any atom is 0.237 e. The second-order valence-electron chi connectivity index (χ2n) is 5.95. The third-order valence-electron chi connectivity index (χ3n) is 4.17. The number of rotatable bonds is 8. The molecular weight excluding hydrogens is 321 g/mol. The molecular formula is C19H22FN3O2. The SMILES string of the molecule is CC(c1ccc(F)cc1)N(C)CC(=O)N(CCC#N)Cc1ccco1. The lowest BCUT2D eigenvalue weighted by atomic mass is 10.1. The van der Waals surface area contributed by atoms with Crippen molar-refractivity contribution in [2.24, 2.45) is 0 Å². The van der Waals surface area contributed by atoms with Crippen molar-refractivity contribution in [3.63, 3.8) is 0 Å². The van der Waals surface area contributed by atoms with E-state index in [-0.39, 0.29) is 30.7 Å². The van der Waals surface area contributed by atoms with Gasteiger partial charge in [0.2, 0.25) is 5.91 Å². The van der Waals surface area contributed by atoms with E-state index in [4.69, 9.17) is 9.68 Å². The number of likely N-dealkylation sites (N-methyl/N-ethyl adjacent to an activating group) is 1. The Morgan fingerprint density at radius 3 is 2.64 bits per heavy atom. The fourth-order valence-electron chi connectivity index (χ4n) is 2.51. The minimum absolute atomic E-state index is 0.0361. The van der Waals surface area contributed by atoms with E-state index in [1.54, 1.807) is 35.4 Å². The molecule has 0 saturated carbocycles. The van der Waals surface area contributed by atoms with E-state index in [1.165, 1.54) is 12.1 Å². The van der Waals surface area contributed by atoms with E-state index in [2.05, 4.69) is 6.07 Å². The van der Waals surface area contributed by atoms with Crippen molar-refractivity contribution >= 4 is 5.91 Å². The van der Waals surface area contributed by atoms with E-state index in [9.17, 15) is 9.18 Å². The largest absolute Gasteiger partial charge is 0.467 e. The summed E-state index contributed by atoms with van der Waals surface area (Å²) >= 11 is 0. The van der Waals surface area contributed by atoms with Crippen LogP contribution in [0.5, 0.6) is 0 Å². The lowest BCUT2D eigenvalue weighted by Gasteiger charge is -2.28. The Labute approximate surface area is 147 Å². The molecule has 0 aliphatic carbocycles. The van der Waals surface area contributed by atoms with Gasteiger partial charge in [-0.05, 0) is 43.8 Å². The van der Waals surface area contributed by atoms with Crippen molar-refractivity contribution in [3.05, 3.63) is 59.8 Å². The molecule has 5 nitrogen and oxygen atoms in total. The molecule has 0 aliphatic rings. The first kappa shape index (κ1) is 18.7. The second kappa shape index (κ2) is 9.00. The Balaban J connectivity index is 2.00. The number of nitrogens with zero attached hydrogens (tertiary/aromatic N) is 3. The van der Waals surface area contributed by atoms with Gasteiger partial charge >= 0.3 is 0 Å². The first-order valence-electron chi connectivity index (χ1n) is 8.14. The first-order valence-corrected chi connectivity index (χ1v) is 8.14. The Morgan fingerprint density at radius 1 is 1.32 bits per heavy atom. The number of carbonyl (C=O) groups is 1. The molecule has 1 heterocycles. The van der Waals surface area contributed by atoms with Crippen LogP contribution in [-0.4, -0.2) is 35.8 Å². The molecule has 1 aromatic carbocycles. The highest BCUT2D eigenvalue weighted by Crippen LogP contribution is 2.19. The molecule has 0 spiro atoms. The van der Waals surface area contributed by atoms with Crippen LogP contribution in [-0.2, 0) is 11.3 Å². The highest BCUT2D eigenvalue weighted by molar-refractivity contribution is 5.78. The summed E-state index contributed by atoms with van der Waals surface area (Å²) in [6, 6.07) is 11.9. The van der Waals surface area contributed by atoms with Gasteiger partial charge in [-0.15, -0.1) is 0 Å². The molecule has 0 N–H and O–H groups in total. The van der Waals surface area contributed by atoms with Gasteiger partial charge in [-0.1, -0.05) is 12.1 Å². The third-order valence-corrected chi connectivity index (χ3v) is 4.17. The summed E-state index contributed by atoms with van der Waals surface area (Å²) in [5.41, 5.74) is 0.936. The second-order valence-corrected chi connectivity index (χ2v) is 5.95. The van der Waals surface area contributed by atoms with Crippen molar-refractivity contribution < 1.29 is 13.6 Å². The highest BCUT2D eigenvalue weighted by Gasteiger charge is 2.20. The number of hydrogen-bond donors (Lipinski definition) is 0. The predicted octanol–water partition coefficient (Wildman–Crippen LogP) is 3.35. The molecule has 0 saturated heterocycles. The zero-order valence-electron chi connectivity index (χ0n) is 14.5.